The SMILES string of the molecule is CN1CCN(c2cnc3ccc(Sc4nnc5c(F)cc(-c6cnn(C)c6)cn45)cc3c2)CC1. The summed E-state index contributed by atoms with van der Waals surface area (Å²) < 4.78 is 18.2. The van der Waals surface area contributed by atoms with Crippen LogP contribution in [-0.2, 0) is 7.05 Å². The number of rotatable bonds is 4. The Bertz CT molecular complexity index is 1500. The number of aryl methyl sites for hydroxylation is 1. The predicted molar refractivity (Wildman–Crippen MR) is 131 cm³/mol. The summed E-state index contributed by atoms with van der Waals surface area (Å²) in [5, 5.41) is 14.2. The molecule has 0 amide bonds. The minimum Gasteiger partial charge on any atom is -0.368 e. The van der Waals surface area contributed by atoms with E-state index >= 15 is 0 Å². The van der Waals surface area contributed by atoms with E-state index in [1.807, 2.05) is 37.8 Å². The van der Waals surface area contributed by atoms with Crippen molar-refractivity contribution >= 4 is 34.0 Å². The second-order valence-corrected chi connectivity index (χ2v) is 9.64. The average molecular weight is 475 g/mol. The van der Waals surface area contributed by atoms with E-state index in [-0.39, 0.29) is 5.65 Å². The number of pyridine rings is 2. The third-order valence-corrected chi connectivity index (χ3v) is 7.13. The maximum atomic E-state index is 14.8. The van der Waals surface area contributed by atoms with Gasteiger partial charge in [0.05, 0.1) is 23.6 Å². The van der Waals surface area contributed by atoms with Gasteiger partial charge in [-0.25, -0.2) is 4.39 Å². The van der Waals surface area contributed by atoms with Gasteiger partial charge in [-0.3, -0.25) is 14.1 Å². The van der Waals surface area contributed by atoms with E-state index in [9.17, 15) is 4.39 Å². The molecule has 6 rings (SSSR count). The van der Waals surface area contributed by atoms with Crippen LogP contribution in [0.1, 0.15) is 0 Å². The Hall–Kier alpha value is -3.50. The maximum Gasteiger partial charge on any atom is 0.200 e. The minimum atomic E-state index is -0.416. The molecule has 0 aliphatic carbocycles. The first kappa shape index (κ1) is 21.1. The van der Waals surface area contributed by atoms with Gasteiger partial charge in [-0.05, 0) is 49.1 Å². The summed E-state index contributed by atoms with van der Waals surface area (Å²) in [4.78, 5) is 10.4. The van der Waals surface area contributed by atoms with E-state index in [2.05, 4.69) is 49.3 Å². The highest BCUT2D eigenvalue weighted by atomic mass is 32.2. The lowest BCUT2D eigenvalue weighted by Gasteiger charge is -2.33. The summed E-state index contributed by atoms with van der Waals surface area (Å²) >= 11 is 1.45. The van der Waals surface area contributed by atoms with Crippen molar-refractivity contribution in [3.8, 4) is 11.1 Å². The summed E-state index contributed by atoms with van der Waals surface area (Å²) in [5.74, 6) is -0.416. The topological polar surface area (TPSA) is 67.4 Å². The highest BCUT2D eigenvalue weighted by Crippen LogP contribution is 2.32. The maximum absolute atomic E-state index is 14.8. The fourth-order valence-electron chi connectivity index (χ4n) is 4.24. The molecule has 0 atom stereocenters. The van der Waals surface area contributed by atoms with Crippen LogP contribution in [0.5, 0.6) is 0 Å². The Kier molecular flexibility index (Phi) is 5.19. The number of anilines is 1. The van der Waals surface area contributed by atoms with Crippen LogP contribution in [0.2, 0.25) is 0 Å². The van der Waals surface area contributed by atoms with E-state index in [0.29, 0.717) is 5.16 Å². The lowest BCUT2D eigenvalue weighted by Crippen LogP contribution is -2.44. The Morgan fingerprint density at radius 3 is 2.56 bits per heavy atom. The zero-order valence-electron chi connectivity index (χ0n) is 18.9. The highest BCUT2D eigenvalue weighted by molar-refractivity contribution is 7.99. The van der Waals surface area contributed by atoms with Crippen molar-refractivity contribution in [2.75, 3.05) is 38.1 Å². The molecule has 1 aliphatic heterocycles. The molecular formula is C24H23FN8S. The van der Waals surface area contributed by atoms with Crippen LogP contribution in [0.25, 0.3) is 27.7 Å². The molecule has 34 heavy (non-hydrogen) atoms. The first-order valence-corrected chi connectivity index (χ1v) is 11.9. The molecule has 0 saturated carbocycles. The molecule has 1 aromatic carbocycles. The van der Waals surface area contributed by atoms with Crippen molar-refractivity contribution in [2.24, 2.45) is 7.05 Å². The van der Waals surface area contributed by atoms with E-state index < -0.39 is 5.82 Å². The van der Waals surface area contributed by atoms with Crippen LogP contribution in [0.3, 0.4) is 0 Å². The van der Waals surface area contributed by atoms with Gasteiger partial charge >= 0.3 is 0 Å². The van der Waals surface area contributed by atoms with Crippen LogP contribution >= 0.6 is 11.8 Å². The Balaban J connectivity index is 1.33. The Morgan fingerprint density at radius 1 is 0.912 bits per heavy atom. The molecule has 0 spiro atoms. The van der Waals surface area contributed by atoms with Crippen LogP contribution in [-0.4, -0.2) is 67.5 Å². The molecule has 0 bridgehead atoms. The fraction of sp³-hybridized carbons (Fsp3) is 0.250. The zero-order valence-corrected chi connectivity index (χ0v) is 19.7. The van der Waals surface area contributed by atoms with E-state index in [4.69, 9.17) is 0 Å². The third kappa shape index (κ3) is 3.88. The minimum absolute atomic E-state index is 0.204. The lowest BCUT2D eigenvalue weighted by atomic mass is 10.1. The van der Waals surface area contributed by atoms with Crippen molar-refractivity contribution in [2.45, 2.75) is 10.1 Å². The van der Waals surface area contributed by atoms with E-state index in [1.54, 1.807) is 15.3 Å². The number of piperazine rings is 1. The number of hydrogen-bond donors (Lipinski definition) is 0. The molecule has 0 N–H and O–H groups in total. The number of aromatic nitrogens is 6. The molecule has 0 radical (unpaired) electrons. The lowest BCUT2D eigenvalue weighted by molar-refractivity contribution is 0.313. The largest absolute Gasteiger partial charge is 0.368 e. The van der Waals surface area contributed by atoms with Gasteiger partial charge < -0.3 is 9.80 Å². The van der Waals surface area contributed by atoms with E-state index in [0.717, 1.165) is 58.8 Å². The molecular weight excluding hydrogens is 451 g/mol. The number of fused-ring (bicyclic) bond motifs is 2. The first-order valence-electron chi connectivity index (χ1n) is 11.1. The van der Waals surface area contributed by atoms with Crippen LogP contribution in [0, 0.1) is 5.82 Å². The van der Waals surface area contributed by atoms with Gasteiger partial charge in [-0.2, -0.15) is 5.10 Å². The highest BCUT2D eigenvalue weighted by Gasteiger charge is 2.16. The van der Waals surface area contributed by atoms with Crippen molar-refractivity contribution < 1.29 is 4.39 Å². The van der Waals surface area contributed by atoms with Crippen LogP contribution in [0.15, 0.2) is 65.2 Å². The Labute approximate surface area is 200 Å². The molecule has 10 heteroatoms. The van der Waals surface area contributed by atoms with Crippen LogP contribution < -0.4 is 4.90 Å². The summed E-state index contributed by atoms with van der Waals surface area (Å²) in [5.41, 5.74) is 3.84. The molecule has 4 aromatic heterocycles. The molecule has 172 valence electrons. The standard InChI is InChI=1S/C24H23FN8S/c1-30-5-7-32(8-6-30)19-9-16-10-20(3-4-22(16)26-13-19)34-24-29-28-23-21(25)11-17(15-33(23)24)18-12-27-31(2)14-18/h3-4,9-15H,5-8H2,1-2H3. The molecule has 5 aromatic rings. The molecule has 1 aliphatic rings. The molecule has 5 heterocycles. The van der Waals surface area contributed by atoms with E-state index in [1.165, 1.54) is 17.8 Å². The van der Waals surface area contributed by atoms with Crippen molar-refractivity contribution in [1.29, 1.82) is 0 Å². The third-order valence-electron chi connectivity index (χ3n) is 6.18. The number of halogens is 1. The van der Waals surface area contributed by atoms with Gasteiger partial charge in [0, 0.05) is 67.0 Å². The number of nitrogens with zero attached hydrogens (tertiary/aromatic N) is 8. The van der Waals surface area contributed by atoms with Gasteiger partial charge in [0.15, 0.2) is 11.5 Å². The number of hydrogen-bond acceptors (Lipinski definition) is 7. The zero-order chi connectivity index (χ0) is 23.2. The van der Waals surface area contributed by atoms with Crippen molar-refractivity contribution in [3.63, 3.8) is 0 Å². The van der Waals surface area contributed by atoms with Gasteiger partial charge in [0.1, 0.15) is 0 Å². The van der Waals surface area contributed by atoms with Gasteiger partial charge in [0.25, 0.3) is 0 Å². The summed E-state index contributed by atoms with van der Waals surface area (Å²) in [6.07, 6.45) is 7.37. The monoisotopic (exact) mass is 474 g/mol. The molecule has 1 saturated heterocycles. The van der Waals surface area contributed by atoms with Crippen LogP contribution in [0.4, 0.5) is 10.1 Å². The second-order valence-electron chi connectivity index (χ2n) is 8.60. The average Bonchev–Trinajstić information content (AvgIpc) is 3.46. The fourth-order valence-corrected chi connectivity index (χ4v) is 5.09. The smallest absolute Gasteiger partial charge is 0.200 e. The summed E-state index contributed by atoms with van der Waals surface area (Å²) in [7, 11) is 3.99. The number of likely N-dealkylation sites (N-methyl/N-ethyl adjacent to an activating group) is 1. The molecule has 0 unspecified atom stereocenters. The second kappa shape index (κ2) is 8.37. The Morgan fingerprint density at radius 2 is 1.76 bits per heavy atom. The molecule has 8 nitrogen and oxygen atoms in total. The van der Waals surface area contributed by atoms with Gasteiger partial charge in [-0.15, -0.1) is 10.2 Å². The first-order chi connectivity index (χ1) is 16.5. The van der Waals surface area contributed by atoms with Gasteiger partial charge in [0.2, 0.25) is 5.16 Å². The normalized spacial score (nSPS) is 15.0. The van der Waals surface area contributed by atoms with Crippen molar-refractivity contribution in [1.82, 2.24) is 34.3 Å². The summed E-state index contributed by atoms with van der Waals surface area (Å²) in [6, 6.07) is 9.79. The van der Waals surface area contributed by atoms with Crippen molar-refractivity contribution in [3.05, 3.63) is 60.9 Å². The quantitative estimate of drug-likeness (QED) is 0.393. The predicted octanol–water partition coefficient (Wildman–Crippen LogP) is 3.72. The summed E-state index contributed by atoms with van der Waals surface area (Å²) in [6.45, 7) is 4.08. The van der Waals surface area contributed by atoms with Gasteiger partial charge in [-0.1, -0.05) is 0 Å². The number of benzene rings is 1. The molecule has 1 fully saturated rings.